The molecule has 19 heavy (non-hydrogen) atoms. The van der Waals surface area contributed by atoms with E-state index in [0.29, 0.717) is 15.7 Å². The first-order chi connectivity index (χ1) is 9.11. The third-order valence-corrected chi connectivity index (χ3v) is 3.00. The molecule has 0 atom stereocenters. The molecule has 0 bridgehead atoms. The minimum atomic E-state index is -0.505. The van der Waals surface area contributed by atoms with Crippen molar-refractivity contribution in [2.75, 3.05) is 10.7 Å². The number of para-hydroxylation sites is 1. The van der Waals surface area contributed by atoms with Crippen LogP contribution in [0.5, 0.6) is 0 Å². The van der Waals surface area contributed by atoms with E-state index in [1.54, 1.807) is 30.3 Å². The summed E-state index contributed by atoms with van der Waals surface area (Å²) in [4.78, 5) is 12.1. The fourth-order valence-corrected chi connectivity index (χ4v) is 1.95. The fourth-order valence-electron chi connectivity index (χ4n) is 1.59. The van der Waals surface area contributed by atoms with Gasteiger partial charge in [-0.1, -0.05) is 28.1 Å². The zero-order valence-electron chi connectivity index (χ0n) is 9.78. The van der Waals surface area contributed by atoms with Gasteiger partial charge in [0.2, 0.25) is 0 Å². The molecule has 0 heterocycles. The summed E-state index contributed by atoms with van der Waals surface area (Å²) < 4.78 is 14.2. The molecule has 0 aliphatic rings. The molecule has 2 rings (SSSR count). The van der Waals surface area contributed by atoms with E-state index in [-0.39, 0.29) is 5.69 Å². The van der Waals surface area contributed by atoms with E-state index in [1.165, 1.54) is 12.1 Å². The van der Waals surface area contributed by atoms with Crippen LogP contribution >= 0.6 is 15.9 Å². The van der Waals surface area contributed by atoms with Crippen molar-refractivity contribution >= 4 is 33.2 Å². The van der Waals surface area contributed by atoms with Gasteiger partial charge in [0.1, 0.15) is 5.82 Å². The van der Waals surface area contributed by atoms with Crippen molar-refractivity contribution in [3.05, 3.63) is 58.3 Å². The summed E-state index contributed by atoms with van der Waals surface area (Å²) in [6.45, 7) is 0. The zero-order valence-corrected chi connectivity index (χ0v) is 11.4. The van der Waals surface area contributed by atoms with Gasteiger partial charge < -0.3 is 10.7 Å². The first-order valence-corrected chi connectivity index (χ1v) is 6.23. The molecule has 98 valence electrons. The molecule has 0 saturated carbocycles. The number of amides is 1. The standard InChI is InChI=1S/C13H11BrFN3O/c14-8-5-6-10(15)12(7-8)17-13(19)9-3-1-2-4-11(9)18-16/h1-7,18H,16H2,(H,17,19). The van der Waals surface area contributed by atoms with Crippen molar-refractivity contribution in [2.24, 2.45) is 5.84 Å². The minimum absolute atomic E-state index is 0.103. The van der Waals surface area contributed by atoms with Crippen LogP contribution < -0.4 is 16.6 Å². The number of nitrogen functional groups attached to an aromatic ring is 1. The van der Waals surface area contributed by atoms with E-state index in [4.69, 9.17) is 5.84 Å². The average molecular weight is 324 g/mol. The highest BCUT2D eigenvalue weighted by Gasteiger charge is 2.12. The van der Waals surface area contributed by atoms with Crippen molar-refractivity contribution in [1.82, 2.24) is 0 Å². The largest absolute Gasteiger partial charge is 0.323 e. The van der Waals surface area contributed by atoms with Gasteiger partial charge in [0, 0.05) is 4.47 Å². The highest BCUT2D eigenvalue weighted by atomic mass is 79.9. The summed E-state index contributed by atoms with van der Waals surface area (Å²) in [5, 5.41) is 2.50. The van der Waals surface area contributed by atoms with E-state index in [2.05, 4.69) is 26.7 Å². The highest BCUT2D eigenvalue weighted by molar-refractivity contribution is 9.10. The Hall–Kier alpha value is -1.92. The summed E-state index contributed by atoms with van der Waals surface area (Å²) in [7, 11) is 0. The lowest BCUT2D eigenvalue weighted by molar-refractivity contribution is 0.102. The van der Waals surface area contributed by atoms with E-state index < -0.39 is 11.7 Å². The monoisotopic (exact) mass is 323 g/mol. The van der Waals surface area contributed by atoms with E-state index in [9.17, 15) is 9.18 Å². The van der Waals surface area contributed by atoms with Crippen LogP contribution in [0.1, 0.15) is 10.4 Å². The molecule has 0 fully saturated rings. The molecule has 2 aromatic carbocycles. The van der Waals surface area contributed by atoms with Gasteiger partial charge in [0.25, 0.3) is 5.91 Å². The minimum Gasteiger partial charge on any atom is -0.323 e. The first-order valence-electron chi connectivity index (χ1n) is 5.44. The Balaban J connectivity index is 2.28. The number of hydrazine groups is 1. The van der Waals surface area contributed by atoms with Gasteiger partial charge in [-0.15, -0.1) is 0 Å². The molecular weight excluding hydrogens is 313 g/mol. The Morgan fingerprint density at radius 2 is 1.89 bits per heavy atom. The number of nitrogens with one attached hydrogen (secondary N) is 2. The lowest BCUT2D eigenvalue weighted by Gasteiger charge is -2.10. The summed E-state index contributed by atoms with van der Waals surface area (Å²) >= 11 is 3.22. The van der Waals surface area contributed by atoms with E-state index in [0.717, 1.165) is 0 Å². The number of rotatable bonds is 3. The highest BCUT2D eigenvalue weighted by Crippen LogP contribution is 2.22. The average Bonchev–Trinajstić information content (AvgIpc) is 2.42. The molecule has 6 heteroatoms. The molecule has 0 saturated heterocycles. The van der Waals surface area contributed by atoms with E-state index in [1.807, 2.05) is 0 Å². The maximum Gasteiger partial charge on any atom is 0.257 e. The quantitative estimate of drug-likeness (QED) is 0.600. The summed E-state index contributed by atoms with van der Waals surface area (Å²) in [6, 6.07) is 11.0. The molecule has 0 aliphatic carbocycles. The van der Waals surface area contributed by atoms with Gasteiger partial charge in [-0.25, -0.2) is 4.39 Å². The van der Waals surface area contributed by atoms with Crippen LogP contribution in [0.2, 0.25) is 0 Å². The van der Waals surface area contributed by atoms with Gasteiger partial charge in [-0.2, -0.15) is 0 Å². The Morgan fingerprint density at radius 3 is 2.63 bits per heavy atom. The van der Waals surface area contributed by atoms with Crippen LogP contribution in [0.3, 0.4) is 0 Å². The molecule has 0 spiro atoms. The van der Waals surface area contributed by atoms with Crippen molar-refractivity contribution in [3.8, 4) is 0 Å². The van der Waals surface area contributed by atoms with Crippen LogP contribution in [-0.2, 0) is 0 Å². The molecule has 0 aliphatic heterocycles. The summed E-state index contributed by atoms with van der Waals surface area (Å²) in [5.41, 5.74) is 3.33. The number of halogens is 2. The number of carbonyl (C=O) groups is 1. The van der Waals surface area contributed by atoms with Gasteiger partial charge in [0.05, 0.1) is 16.9 Å². The molecule has 0 unspecified atom stereocenters. The third-order valence-electron chi connectivity index (χ3n) is 2.50. The SMILES string of the molecule is NNc1ccccc1C(=O)Nc1cc(Br)ccc1F. The molecule has 4 N–H and O–H groups in total. The van der Waals surface area contributed by atoms with Gasteiger partial charge >= 0.3 is 0 Å². The number of hydrogen-bond donors (Lipinski definition) is 3. The third kappa shape index (κ3) is 3.10. The maximum absolute atomic E-state index is 13.6. The number of nitrogens with two attached hydrogens (primary N) is 1. The normalized spacial score (nSPS) is 10.1. The van der Waals surface area contributed by atoms with Crippen LogP contribution in [0.15, 0.2) is 46.9 Å². The molecular formula is C13H11BrFN3O. The fraction of sp³-hybridized carbons (Fsp3) is 0. The second-order valence-corrected chi connectivity index (χ2v) is 4.68. The van der Waals surface area contributed by atoms with Gasteiger partial charge in [-0.05, 0) is 30.3 Å². The van der Waals surface area contributed by atoms with Crippen LogP contribution in [-0.4, -0.2) is 5.91 Å². The van der Waals surface area contributed by atoms with Crippen molar-refractivity contribution < 1.29 is 9.18 Å². The molecule has 0 aromatic heterocycles. The number of benzene rings is 2. The second-order valence-electron chi connectivity index (χ2n) is 3.77. The number of carbonyl (C=O) groups excluding carboxylic acids is 1. The van der Waals surface area contributed by atoms with Crippen LogP contribution in [0.4, 0.5) is 15.8 Å². The predicted molar refractivity (Wildman–Crippen MR) is 76.3 cm³/mol. The van der Waals surface area contributed by atoms with Crippen molar-refractivity contribution in [2.45, 2.75) is 0 Å². The second kappa shape index (κ2) is 5.81. The van der Waals surface area contributed by atoms with Crippen molar-refractivity contribution in [1.29, 1.82) is 0 Å². The lowest BCUT2D eigenvalue weighted by Crippen LogP contribution is -2.17. The van der Waals surface area contributed by atoms with Gasteiger partial charge in [-0.3, -0.25) is 10.6 Å². The van der Waals surface area contributed by atoms with Crippen molar-refractivity contribution in [3.63, 3.8) is 0 Å². The summed E-state index contributed by atoms with van der Waals surface area (Å²) in [6.07, 6.45) is 0. The number of anilines is 2. The van der Waals surface area contributed by atoms with E-state index >= 15 is 0 Å². The van der Waals surface area contributed by atoms with Crippen LogP contribution in [0.25, 0.3) is 0 Å². The number of hydrogen-bond acceptors (Lipinski definition) is 3. The Labute approximate surface area is 117 Å². The topological polar surface area (TPSA) is 67.1 Å². The summed E-state index contributed by atoms with van der Waals surface area (Å²) in [5.74, 6) is 4.38. The lowest BCUT2D eigenvalue weighted by atomic mass is 10.1. The predicted octanol–water partition coefficient (Wildman–Crippen LogP) is 3.13. The molecule has 1 amide bonds. The Kier molecular flexibility index (Phi) is 4.13. The zero-order chi connectivity index (χ0) is 13.8. The smallest absolute Gasteiger partial charge is 0.257 e. The molecule has 2 aromatic rings. The maximum atomic E-state index is 13.6. The Bertz CT molecular complexity index is 619. The van der Waals surface area contributed by atoms with Gasteiger partial charge in [0.15, 0.2) is 0 Å². The first kappa shape index (κ1) is 13.5. The Morgan fingerprint density at radius 1 is 1.16 bits per heavy atom. The van der Waals surface area contributed by atoms with Crippen LogP contribution in [0, 0.1) is 5.82 Å². The molecule has 4 nitrogen and oxygen atoms in total. The molecule has 0 radical (unpaired) electrons.